The second-order valence-electron chi connectivity index (χ2n) is 8.55. The molecule has 1 aromatic rings. The highest BCUT2D eigenvalue weighted by Crippen LogP contribution is 2.31. The molecular formula is C24H35N3. The molecule has 0 aromatic heterocycles. The molecule has 0 radical (unpaired) electrons. The smallest absolute Gasteiger partial charge is 0.109 e. The van der Waals surface area contributed by atoms with E-state index in [0.717, 1.165) is 19.0 Å². The summed E-state index contributed by atoms with van der Waals surface area (Å²) >= 11 is 0. The molecule has 1 atom stereocenters. The summed E-state index contributed by atoms with van der Waals surface area (Å²) in [6.45, 7) is 6.67. The van der Waals surface area contributed by atoms with Gasteiger partial charge in [-0.15, -0.1) is 0 Å². The van der Waals surface area contributed by atoms with Crippen LogP contribution in [0.4, 0.5) is 5.69 Å². The molecule has 3 heteroatoms. The molecule has 2 fully saturated rings. The lowest BCUT2D eigenvalue weighted by atomic mass is 9.99. The Bertz CT molecular complexity index is 666. The number of allylic oxidation sites excluding steroid dienone is 2. The standard InChI is InChI=1S/C24H35N3/c1-20(18-21-10-2-3-11-21)25-19-22-12-4-5-13-23(22)27-17-7-6-14-24(27)26-15-8-9-16-26/h4-7,12-14,20-21,25H,2-3,8-11,15-19H2,1H3/t20-/m0/s1. The first-order valence-electron chi connectivity index (χ1n) is 11.0. The number of para-hydroxylation sites is 1. The number of hydrogen-bond acceptors (Lipinski definition) is 3. The minimum atomic E-state index is 0.594. The van der Waals surface area contributed by atoms with Crippen molar-refractivity contribution in [3.63, 3.8) is 0 Å². The highest BCUT2D eigenvalue weighted by Gasteiger charge is 2.23. The van der Waals surface area contributed by atoms with Crippen molar-refractivity contribution >= 4 is 5.69 Å². The second-order valence-corrected chi connectivity index (χ2v) is 8.55. The molecule has 1 N–H and O–H groups in total. The lowest BCUT2D eigenvalue weighted by Crippen LogP contribution is -2.36. The van der Waals surface area contributed by atoms with Gasteiger partial charge in [0.05, 0.1) is 0 Å². The first-order valence-corrected chi connectivity index (χ1v) is 11.0. The lowest BCUT2D eigenvalue weighted by molar-refractivity contribution is 0.403. The highest BCUT2D eigenvalue weighted by molar-refractivity contribution is 5.59. The topological polar surface area (TPSA) is 18.5 Å². The zero-order chi connectivity index (χ0) is 18.5. The third-order valence-electron chi connectivity index (χ3n) is 6.46. The molecule has 27 heavy (non-hydrogen) atoms. The van der Waals surface area contributed by atoms with Gasteiger partial charge in [-0.2, -0.15) is 0 Å². The van der Waals surface area contributed by atoms with Crippen molar-refractivity contribution in [2.24, 2.45) is 5.92 Å². The molecule has 0 bridgehead atoms. The monoisotopic (exact) mass is 365 g/mol. The van der Waals surface area contributed by atoms with Gasteiger partial charge in [0.15, 0.2) is 0 Å². The van der Waals surface area contributed by atoms with Crippen LogP contribution in [0.2, 0.25) is 0 Å². The molecule has 1 saturated carbocycles. The van der Waals surface area contributed by atoms with Gasteiger partial charge in [-0.3, -0.25) is 0 Å². The lowest BCUT2D eigenvalue weighted by Gasteiger charge is -2.35. The SMILES string of the molecule is C[C@@H](CC1CCCC1)NCc1ccccc1N1CC=CC=C1N1CCCC1. The van der Waals surface area contributed by atoms with E-state index < -0.39 is 0 Å². The van der Waals surface area contributed by atoms with Crippen LogP contribution in [-0.4, -0.2) is 30.6 Å². The van der Waals surface area contributed by atoms with E-state index in [1.54, 1.807) is 0 Å². The predicted molar refractivity (Wildman–Crippen MR) is 115 cm³/mol. The molecule has 2 heterocycles. The molecule has 0 amide bonds. The second kappa shape index (κ2) is 8.97. The number of benzene rings is 1. The number of nitrogens with one attached hydrogen (secondary N) is 1. The van der Waals surface area contributed by atoms with Crippen LogP contribution in [-0.2, 0) is 6.54 Å². The number of anilines is 1. The Morgan fingerprint density at radius 3 is 2.67 bits per heavy atom. The average molecular weight is 366 g/mol. The number of nitrogens with zero attached hydrogens (tertiary/aromatic N) is 2. The van der Waals surface area contributed by atoms with Crippen LogP contribution in [0.1, 0.15) is 57.4 Å². The molecule has 1 saturated heterocycles. The van der Waals surface area contributed by atoms with Crippen molar-refractivity contribution in [3.8, 4) is 0 Å². The molecule has 3 nitrogen and oxygen atoms in total. The first-order chi connectivity index (χ1) is 13.3. The van der Waals surface area contributed by atoms with Crippen molar-refractivity contribution < 1.29 is 0 Å². The Morgan fingerprint density at radius 1 is 1.07 bits per heavy atom. The highest BCUT2D eigenvalue weighted by atomic mass is 15.3. The fourth-order valence-corrected chi connectivity index (χ4v) is 4.99. The van der Waals surface area contributed by atoms with Gasteiger partial charge in [0.2, 0.25) is 0 Å². The normalized spacial score (nSPS) is 21.7. The zero-order valence-corrected chi connectivity index (χ0v) is 16.9. The van der Waals surface area contributed by atoms with Crippen LogP contribution < -0.4 is 10.2 Å². The van der Waals surface area contributed by atoms with E-state index in [4.69, 9.17) is 0 Å². The van der Waals surface area contributed by atoms with Crippen molar-refractivity contribution in [1.82, 2.24) is 10.2 Å². The molecule has 0 unspecified atom stereocenters. The number of likely N-dealkylation sites (tertiary alicyclic amines) is 1. The maximum absolute atomic E-state index is 3.81. The van der Waals surface area contributed by atoms with Gasteiger partial charge < -0.3 is 15.1 Å². The maximum atomic E-state index is 3.81. The summed E-state index contributed by atoms with van der Waals surface area (Å²) in [4.78, 5) is 5.06. The summed E-state index contributed by atoms with van der Waals surface area (Å²) in [6, 6.07) is 9.55. The Kier molecular flexibility index (Phi) is 6.18. The summed E-state index contributed by atoms with van der Waals surface area (Å²) in [5, 5.41) is 3.81. The summed E-state index contributed by atoms with van der Waals surface area (Å²) in [7, 11) is 0. The quantitative estimate of drug-likeness (QED) is 0.729. The van der Waals surface area contributed by atoms with E-state index in [0.29, 0.717) is 6.04 Å². The van der Waals surface area contributed by atoms with E-state index in [9.17, 15) is 0 Å². The third-order valence-corrected chi connectivity index (χ3v) is 6.46. The molecule has 4 rings (SSSR count). The summed E-state index contributed by atoms with van der Waals surface area (Å²) < 4.78 is 0. The fraction of sp³-hybridized carbons (Fsp3) is 0.583. The van der Waals surface area contributed by atoms with Gasteiger partial charge >= 0.3 is 0 Å². The molecule has 146 valence electrons. The Morgan fingerprint density at radius 2 is 1.85 bits per heavy atom. The molecule has 0 spiro atoms. The number of hydrogen-bond donors (Lipinski definition) is 1. The van der Waals surface area contributed by atoms with Crippen LogP contribution in [0, 0.1) is 5.92 Å². The van der Waals surface area contributed by atoms with Gasteiger partial charge in [-0.25, -0.2) is 0 Å². The van der Waals surface area contributed by atoms with Crippen molar-refractivity contribution in [1.29, 1.82) is 0 Å². The molecule has 1 aromatic carbocycles. The van der Waals surface area contributed by atoms with Crippen molar-refractivity contribution in [2.75, 3.05) is 24.5 Å². The third kappa shape index (κ3) is 4.57. The minimum Gasteiger partial charge on any atom is -0.358 e. The maximum Gasteiger partial charge on any atom is 0.109 e. The van der Waals surface area contributed by atoms with Gasteiger partial charge in [-0.05, 0) is 49.8 Å². The zero-order valence-electron chi connectivity index (χ0n) is 16.9. The minimum absolute atomic E-state index is 0.594. The fourth-order valence-electron chi connectivity index (χ4n) is 4.99. The van der Waals surface area contributed by atoms with Crippen molar-refractivity contribution in [3.05, 3.63) is 53.9 Å². The Balaban J connectivity index is 1.44. The predicted octanol–water partition coefficient (Wildman–Crippen LogP) is 5.06. The van der Waals surface area contributed by atoms with Crippen LogP contribution >= 0.6 is 0 Å². The van der Waals surface area contributed by atoms with Crippen LogP contribution in [0.15, 0.2) is 48.3 Å². The first kappa shape index (κ1) is 18.6. The van der Waals surface area contributed by atoms with Gasteiger partial charge in [-0.1, -0.05) is 56.0 Å². The molecule has 3 aliphatic rings. The summed E-state index contributed by atoms with van der Waals surface area (Å²) in [6.07, 6.45) is 16.5. The van der Waals surface area contributed by atoms with Crippen LogP contribution in [0.25, 0.3) is 0 Å². The molecular weight excluding hydrogens is 330 g/mol. The van der Waals surface area contributed by atoms with E-state index in [2.05, 4.69) is 64.5 Å². The summed E-state index contributed by atoms with van der Waals surface area (Å²) in [5.41, 5.74) is 2.77. The van der Waals surface area contributed by atoms with Gasteiger partial charge in [0.1, 0.15) is 5.82 Å². The van der Waals surface area contributed by atoms with Crippen LogP contribution in [0.5, 0.6) is 0 Å². The van der Waals surface area contributed by atoms with Crippen molar-refractivity contribution in [2.45, 2.75) is 64.5 Å². The molecule has 2 aliphatic heterocycles. The van der Waals surface area contributed by atoms with E-state index >= 15 is 0 Å². The van der Waals surface area contributed by atoms with Gasteiger partial charge in [0, 0.05) is 37.9 Å². The molecule has 1 aliphatic carbocycles. The summed E-state index contributed by atoms with van der Waals surface area (Å²) in [5.74, 6) is 2.32. The van der Waals surface area contributed by atoms with E-state index in [1.165, 1.54) is 75.1 Å². The van der Waals surface area contributed by atoms with E-state index in [-0.39, 0.29) is 0 Å². The van der Waals surface area contributed by atoms with E-state index in [1.807, 2.05) is 0 Å². The largest absolute Gasteiger partial charge is 0.358 e. The van der Waals surface area contributed by atoms with Gasteiger partial charge in [0.25, 0.3) is 0 Å². The Hall–Kier alpha value is -1.74. The van der Waals surface area contributed by atoms with Crippen LogP contribution in [0.3, 0.4) is 0 Å². The average Bonchev–Trinajstić information content (AvgIpc) is 3.41. The number of rotatable bonds is 7. The Labute approximate surface area is 165 Å².